The van der Waals surface area contributed by atoms with Crippen molar-refractivity contribution in [3.63, 3.8) is 0 Å². The molecule has 1 heterocycles. The number of cyclic esters (lactones) is 1. The average molecular weight is 412 g/mol. The highest BCUT2D eigenvalue weighted by molar-refractivity contribution is 6.12. The molecule has 0 amide bonds. The van der Waals surface area contributed by atoms with E-state index in [1.165, 1.54) is 11.1 Å². The van der Waals surface area contributed by atoms with E-state index < -0.39 is 5.97 Å². The molecule has 1 aliphatic heterocycles. The van der Waals surface area contributed by atoms with Crippen LogP contribution in [-0.2, 0) is 16.1 Å². The maximum absolute atomic E-state index is 12.3. The normalized spacial score (nSPS) is 14.6. The van der Waals surface area contributed by atoms with Crippen LogP contribution in [0.2, 0.25) is 0 Å². The lowest BCUT2D eigenvalue weighted by molar-refractivity contribution is -0.129. The summed E-state index contributed by atoms with van der Waals surface area (Å²) in [4.78, 5) is 16.6. The first-order valence-electron chi connectivity index (χ1n) is 10.4. The van der Waals surface area contributed by atoms with E-state index in [-0.39, 0.29) is 5.70 Å². The Labute approximate surface area is 182 Å². The average Bonchev–Trinajstić information content (AvgIpc) is 3.14. The van der Waals surface area contributed by atoms with Crippen molar-refractivity contribution in [2.45, 2.75) is 33.3 Å². The smallest absolute Gasteiger partial charge is 0.363 e. The maximum atomic E-state index is 12.3. The third kappa shape index (κ3) is 5.10. The molecule has 4 nitrogen and oxygen atoms in total. The SMILES string of the molecule is Cc1ccc(COc2ccc(/C=C3\N=C(c4ccc(C(C)C)cc4)OC3=O)cc2)cc1. The molecular formula is C27H25NO3. The van der Waals surface area contributed by atoms with E-state index in [4.69, 9.17) is 9.47 Å². The van der Waals surface area contributed by atoms with Crippen LogP contribution < -0.4 is 4.74 Å². The van der Waals surface area contributed by atoms with Crippen molar-refractivity contribution in [1.82, 2.24) is 0 Å². The molecule has 0 unspecified atom stereocenters. The highest BCUT2D eigenvalue weighted by Crippen LogP contribution is 2.22. The Bertz CT molecular complexity index is 1120. The van der Waals surface area contributed by atoms with Crippen LogP contribution in [0.15, 0.2) is 83.5 Å². The summed E-state index contributed by atoms with van der Waals surface area (Å²) < 4.78 is 11.2. The van der Waals surface area contributed by atoms with Crippen LogP contribution >= 0.6 is 0 Å². The number of nitrogens with zero attached hydrogens (tertiary/aromatic N) is 1. The minimum Gasteiger partial charge on any atom is -0.489 e. The molecule has 0 aromatic heterocycles. The summed E-state index contributed by atoms with van der Waals surface area (Å²) in [7, 11) is 0. The zero-order valence-electron chi connectivity index (χ0n) is 18.0. The summed E-state index contributed by atoms with van der Waals surface area (Å²) in [6.45, 7) is 6.85. The van der Waals surface area contributed by atoms with Gasteiger partial charge in [0, 0.05) is 5.56 Å². The van der Waals surface area contributed by atoms with Gasteiger partial charge < -0.3 is 9.47 Å². The van der Waals surface area contributed by atoms with Gasteiger partial charge in [-0.1, -0.05) is 67.9 Å². The first-order valence-corrected chi connectivity index (χ1v) is 10.4. The lowest BCUT2D eigenvalue weighted by Crippen LogP contribution is -2.05. The Hall–Kier alpha value is -3.66. The van der Waals surface area contributed by atoms with Gasteiger partial charge in [0.25, 0.3) is 0 Å². The first kappa shape index (κ1) is 20.6. The van der Waals surface area contributed by atoms with Gasteiger partial charge in [-0.2, -0.15) is 0 Å². The van der Waals surface area contributed by atoms with Crippen molar-refractivity contribution in [3.05, 3.63) is 106 Å². The van der Waals surface area contributed by atoms with Gasteiger partial charge in [0.1, 0.15) is 12.4 Å². The van der Waals surface area contributed by atoms with Crippen LogP contribution in [0.25, 0.3) is 6.08 Å². The Morgan fingerprint density at radius 3 is 2.26 bits per heavy atom. The molecule has 0 saturated heterocycles. The molecule has 156 valence electrons. The summed E-state index contributed by atoms with van der Waals surface area (Å²) in [5.74, 6) is 1.11. The molecule has 0 radical (unpaired) electrons. The number of ether oxygens (including phenoxy) is 2. The van der Waals surface area contributed by atoms with E-state index in [0.29, 0.717) is 18.4 Å². The molecule has 0 saturated carbocycles. The molecular weight excluding hydrogens is 386 g/mol. The van der Waals surface area contributed by atoms with Crippen molar-refractivity contribution >= 4 is 17.9 Å². The molecule has 3 aromatic rings. The molecule has 0 bridgehead atoms. The topological polar surface area (TPSA) is 47.9 Å². The predicted molar refractivity (Wildman–Crippen MR) is 123 cm³/mol. The summed E-state index contributed by atoms with van der Waals surface area (Å²) in [6.07, 6.45) is 1.72. The number of aryl methyl sites for hydroxylation is 1. The van der Waals surface area contributed by atoms with Crippen LogP contribution in [0.5, 0.6) is 5.75 Å². The first-order chi connectivity index (χ1) is 15.0. The molecule has 1 aliphatic rings. The Morgan fingerprint density at radius 1 is 0.935 bits per heavy atom. The predicted octanol–water partition coefficient (Wildman–Crippen LogP) is 6.04. The van der Waals surface area contributed by atoms with Gasteiger partial charge in [-0.25, -0.2) is 9.79 Å². The second kappa shape index (κ2) is 9.00. The highest BCUT2D eigenvalue weighted by atomic mass is 16.6. The van der Waals surface area contributed by atoms with E-state index in [1.54, 1.807) is 6.08 Å². The molecule has 0 spiro atoms. The lowest BCUT2D eigenvalue weighted by Gasteiger charge is -2.07. The monoisotopic (exact) mass is 411 g/mol. The number of carbonyl (C=O) groups excluding carboxylic acids is 1. The number of carbonyl (C=O) groups is 1. The zero-order chi connectivity index (χ0) is 21.8. The van der Waals surface area contributed by atoms with Crippen molar-refractivity contribution in [2.75, 3.05) is 0 Å². The van der Waals surface area contributed by atoms with Gasteiger partial charge in [0.2, 0.25) is 5.90 Å². The van der Waals surface area contributed by atoms with Gasteiger partial charge in [0.15, 0.2) is 5.70 Å². The van der Waals surface area contributed by atoms with Gasteiger partial charge in [-0.05, 0) is 59.9 Å². The van der Waals surface area contributed by atoms with Crippen LogP contribution in [0.4, 0.5) is 0 Å². The number of rotatable bonds is 6. The van der Waals surface area contributed by atoms with Crippen LogP contribution in [-0.4, -0.2) is 11.9 Å². The Balaban J connectivity index is 1.43. The van der Waals surface area contributed by atoms with Crippen molar-refractivity contribution in [2.24, 2.45) is 4.99 Å². The van der Waals surface area contributed by atoms with E-state index in [1.807, 2.05) is 48.5 Å². The molecule has 0 N–H and O–H groups in total. The third-order valence-corrected chi connectivity index (χ3v) is 5.15. The van der Waals surface area contributed by atoms with Gasteiger partial charge in [-0.3, -0.25) is 0 Å². The van der Waals surface area contributed by atoms with E-state index >= 15 is 0 Å². The number of hydrogen-bond donors (Lipinski definition) is 0. The number of hydrogen-bond acceptors (Lipinski definition) is 4. The van der Waals surface area contributed by atoms with Gasteiger partial charge >= 0.3 is 5.97 Å². The molecule has 31 heavy (non-hydrogen) atoms. The lowest BCUT2D eigenvalue weighted by atomic mass is 10.0. The molecule has 4 heteroatoms. The Morgan fingerprint density at radius 2 is 1.61 bits per heavy atom. The fourth-order valence-electron chi connectivity index (χ4n) is 3.21. The Kier molecular flexibility index (Phi) is 5.99. The third-order valence-electron chi connectivity index (χ3n) is 5.15. The second-order valence-electron chi connectivity index (χ2n) is 7.96. The van der Waals surface area contributed by atoms with Crippen molar-refractivity contribution < 1.29 is 14.3 Å². The van der Waals surface area contributed by atoms with Crippen molar-refractivity contribution in [1.29, 1.82) is 0 Å². The fourth-order valence-corrected chi connectivity index (χ4v) is 3.21. The zero-order valence-corrected chi connectivity index (χ0v) is 18.0. The molecule has 0 fully saturated rings. The summed E-state index contributed by atoms with van der Waals surface area (Å²) in [6, 6.07) is 23.8. The minimum atomic E-state index is -0.442. The fraction of sp³-hybridized carbons (Fsp3) is 0.185. The minimum absolute atomic E-state index is 0.288. The van der Waals surface area contributed by atoms with Gasteiger partial charge in [-0.15, -0.1) is 0 Å². The summed E-state index contributed by atoms with van der Waals surface area (Å²) in [5, 5.41) is 0. The second-order valence-corrected chi connectivity index (χ2v) is 7.96. The van der Waals surface area contributed by atoms with Crippen molar-refractivity contribution in [3.8, 4) is 5.75 Å². The molecule has 3 aromatic carbocycles. The van der Waals surface area contributed by atoms with E-state index in [9.17, 15) is 4.79 Å². The standard InChI is InChI=1S/C27H25NO3/c1-18(2)22-10-12-23(13-11-22)26-28-25(27(29)31-26)16-20-8-14-24(15-9-20)30-17-21-6-4-19(3)5-7-21/h4-16,18H,17H2,1-3H3/b25-16-. The largest absolute Gasteiger partial charge is 0.489 e. The van der Waals surface area contributed by atoms with E-state index in [0.717, 1.165) is 22.4 Å². The molecule has 0 atom stereocenters. The summed E-state index contributed by atoms with van der Waals surface area (Å²) in [5.41, 5.74) is 5.51. The molecule has 0 aliphatic carbocycles. The maximum Gasteiger partial charge on any atom is 0.363 e. The molecule has 4 rings (SSSR count). The van der Waals surface area contributed by atoms with Crippen LogP contribution in [0, 0.1) is 6.92 Å². The van der Waals surface area contributed by atoms with Gasteiger partial charge in [0.05, 0.1) is 0 Å². The highest BCUT2D eigenvalue weighted by Gasteiger charge is 2.24. The number of esters is 1. The number of aliphatic imine (C=N–C) groups is 1. The van der Waals surface area contributed by atoms with E-state index in [2.05, 4.69) is 50.0 Å². The number of benzene rings is 3. The quantitative estimate of drug-likeness (QED) is 0.367. The van der Waals surface area contributed by atoms with Crippen LogP contribution in [0.1, 0.15) is 47.6 Å². The van der Waals surface area contributed by atoms with Crippen LogP contribution in [0.3, 0.4) is 0 Å². The summed E-state index contributed by atoms with van der Waals surface area (Å²) >= 11 is 0.